The number of nitrogens with zero attached hydrogens (tertiary/aromatic N) is 4. The monoisotopic (exact) mass is 276 g/mol. The molecule has 20 heavy (non-hydrogen) atoms. The van der Waals surface area contributed by atoms with Crippen LogP contribution in [0.1, 0.15) is 33.9 Å². The highest BCUT2D eigenvalue weighted by Gasteiger charge is 2.19. The summed E-state index contributed by atoms with van der Waals surface area (Å²) < 4.78 is 8.58. The van der Waals surface area contributed by atoms with Crippen LogP contribution < -0.4 is 4.74 Å². The third-order valence-corrected chi connectivity index (χ3v) is 3.65. The number of methoxy groups -OCH3 is 1. The van der Waals surface area contributed by atoms with Crippen LogP contribution in [0.25, 0.3) is 0 Å². The number of rotatable bonds is 5. The molecular weight excluding hydrogens is 256 g/mol. The largest absolute Gasteiger partial charge is 0.493 e. The fourth-order valence-corrected chi connectivity index (χ4v) is 2.42. The second-order valence-corrected chi connectivity index (χ2v) is 4.88. The van der Waals surface area contributed by atoms with E-state index in [4.69, 9.17) is 4.74 Å². The van der Waals surface area contributed by atoms with Crippen LogP contribution >= 0.6 is 0 Å². The summed E-state index contributed by atoms with van der Waals surface area (Å²) >= 11 is 0. The molecule has 0 spiro atoms. The number of carbonyl (C=O) groups excluding carboxylic acids is 1. The highest BCUT2D eigenvalue weighted by atomic mass is 16.5. The van der Waals surface area contributed by atoms with Gasteiger partial charge >= 0.3 is 0 Å². The lowest BCUT2D eigenvalue weighted by Crippen LogP contribution is -2.10. The molecule has 2 rings (SSSR count). The third-order valence-electron chi connectivity index (χ3n) is 3.65. The van der Waals surface area contributed by atoms with Crippen molar-refractivity contribution in [3.63, 3.8) is 0 Å². The van der Waals surface area contributed by atoms with Crippen molar-refractivity contribution < 1.29 is 9.53 Å². The van der Waals surface area contributed by atoms with Crippen molar-refractivity contribution >= 4 is 5.78 Å². The van der Waals surface area contributed by atoms with E-state index in [9.17, 15) is 4.79 Å². The summed E-state index contributed by atoms with van der Waals surface area (Å²) in [6.45, 7) is 3.99. The summed E-state index contributed by atoms with van der Waals surface area (Å²) in [4.78, 5) is 12.3. The van der Waals surface area contributed by atoms with Crippen LogP contribution in [0.5, 0.6) is 5.75 Å². The van der Waals surface area contributed by atoms with E-state index in [1.54, 1.807) is 25.0 Å². The lowest BCUT2D eigenvalue weighted by Gasteiger charge is -2.05. The van der Waals surface area contributed by atoms with Crippen molar-refractivity contribution in [2.24, 2.45) is 14.1 Å². The second kappa shape index (κ2) is 5.48. The molecule has 2 heterocycles. The lowest BCUT2D eigenvalue weighted by molar-refractivity contribution is 0.0970. The minimum absolute atomic E-state index is 0.0319. The maximum Gasteiger partial charge on any atom is 0.184 e. The normalized spacial score (nSPS) is 10.8. The Morgan fingerprint density at radius 2 is 2.00 bits per heavy atom. The smallest absolute Gasteiger partial charge is 0.184 e. The topological polar surface area (TPSA) is 61.9 Å². The Kier molecular flexibility index (Phi) is 3.92. The zero-order valence-corrected chi connectivity index (χ0v) is 12.6. The van der Waals surface area contributed by atoms with Crippen molar-refractivity contribution in [1.29, 1.82) is 0 Å². The molecule has 0 saturated carbocycles. The Morgan fingerprint density at radius 1 is 1.30 bits per heavy atom. The molecule has 0 N–H and O–H groups in total. The van der Waals surface area contributed by atoms with E-state index in [0.717, 1.165) is 17.0 Å². The van der Waals surface area contributed by atoms with Gasteiger partial charge in [0, 0.05) is 26.2 Å². The van der Waals surface area contributed by atoms with Gasteiger partial charge in [-0.1, -0.05) is 0 Å². The molecule has 0 saturated heterocycles. The maximum atomic E-state index is 12.3. The molecule has 0 fully saturated rings. The SMILES string of the molecule is COc1cnn(C)c1C(=O)CCc1c(C)nn(C)c1C. The van der Waals surface area contributed by atoms with E-state index in [2.05, 4.69) is 10.2 Å². The second-order valence-electron chi connectivity index (χ2n) is 4.88. The Balaban J connectivity index is 2.15. The zero-order valence-electron chi connectivity index (χ0n) is 12.6. The fourth-order valence-electron chi connectivity index (χ4n) is 2.42. The minimum Gasteiger partial charge on any atom is -0.493 e. The predicted molar refractivity (Wildman–Crippen MR) is 75.1 cm³/mol. The summed E-state index contributed by atoms with van der Waals surface area (Å²) in [5, 5.41) is 8.42. The van der Waals surface area contributed by atoms with Gasteiger partial charge in [-0.15, -0.1) is 0 Å². The molecule has 0 amide bonds. The van der Waals surface area contributed by atoms with Gasteiger partial charge in [-0.25, -0.2) is 0 Å². The Hall–Kier alpha value is -2.11. The number of ether oxygens (including phenoxy) is 1. The Bertz CT molecular complexity index is 640. The minimum atomic E-state index is 0.0319. The summed E-state index contributed by atoms with van der Waals surface area (Å²) in [7, 11) is 5.21. The number of hydrogen-bond acceptors (Lipinski definition) is 4. The molecule has 6 nitrogen and oxygen atoms in total. The van der Waals surface area contributed by atoms with Crippen LogP contribution in [-0.4, -0.2) is 32.5 Å². The van der Waals surface area contributed by atoms with Crippen molar-refractivity contribution in [1.82, 2.24) is 19.6 Å². The van der Waals surface area contributed by atoms with Crippen LogP contribution in [0.3, 0.4) is 0 Å². The van der Waals surface area contributed by atoms with Gasteiger partial charge in [-0.05, 0) is 25.8 Å². The first kappa shape index (κ1) is 14.3. The van der Waals surface area contributed by atoms with E-state index < -0.39 is 0 Å². The molecule has 108 valence electrons. The Morgan fingerprint density at radius 3 is 2.55 bits per heavy atom. The van der Waals surface area contributed by atoms with Gasteiger partial charge in [-0.2, -0.15) is 10.2 Å². The van der Waals surface area contributed by atoms with Gasteiger partial charge in [0.2, 0.25) is 0 Å². The fraction of sp³-hybridized carbons (Fsp3) is 0.500. The van der Waals surface area contributed by atoms with Crippen LogP contribution in [0.15, 0.2) is 6.20 Å². The third kappa shape index (κ3) is 2.45. The number of Topliss-reactive ketones (excluding diaryl/α,β-unsaturated/α-hetero) is 1. The number of ketones is 1. The van der Waals surface area contributed by atoms with E-state index in [0.29, 0.717) is 24.3 Å². The van der Waals surface area contributed by atoms with E-state index >= 15 is 0 Å². The quantitative estimate of drug-likeness (QED) is 0.778. The summed E-state index contributed by atoms with van der Waals surface area (Å²) in [5.74, 6) is 0.557. The van der Waals surface area contributed by atoms with E-state index in [1.807, 2.05) is 25.6 Å². The van der Waals surface area contributed by atoms with Gasteiger partial charge in [0.15, 0.2) is 11.5 Å². The Labute approximate surface area is 118 Å². The van der Waals surface area contributed by atoms with Gasteiger partial charge in [0.05, 0.1) is 19.0 Å². The molecule has 0 aliphatic heterocycles. The first-order chi connectivity index (χ1) is 9.45. The zero-order chi connectivity index (χ0) is 14.9. The number of aryl methyl sites for hydroxylation is 3. The van der Waals surface area contributed by atoms with Crippen molar-refractivity contribution in [3.05, 3.63) is 28.8 Å². The molecule has 0 atom stereocenters. The molecule has 0 radical (unpaired) electrons. The highest BCUT2D eigenvalue weighted by Crippen LogP contribution is 2.20. The molecule has 2 aromatic heterocycles. The maximum absolute atomic E-state index is 12.3. The average Bonchev–Trinajstić information content (AvgIpc) is 2.89. The first-order valence-corrected chi connectivity index (χ1v) is 6.54. The molecule has 2 aromatic rings. The van der Waals surface area contributed by atoms with E-state index in [1.165, 1.54) is 0 Å². The predicted octanol–water partition coefficient (Wildman–Crippen LogP) is 1.59. The standard InChI is InChI=1S/C14H20N4O2/c1-9-11(10(2)17(3)16-9)6-7-12(19)14-13(20-5)8-15-18(14)4/h8H,6-7H2,1-5H3. The average molecular weight is 276 g/mol. The first-order valence-electron chi connectivity index (χ1n) is 6.54. The van der Waals surface area contributed by atoms with Crippen molar-refractivity contribution in [2.75, 3.05) is 7.11 Å². The van der Waals surface area contributed by atoms with Crippen molar-refractivity contribution in [3.8, 4) is 5.75 Å². The summed E-state index contributed by atoms with van der Waals surface area (Å²) in [6, 6.07) is 0. The molecule has 0 aliphatic rings. The summed E-state index contributed by atoms with van der Waals surface area (Å²) in [6.07, 6.45) is 2.66. The van der Waals surface area contributed by atoms with Gasteiger partial charge in [-0.3, -0.25) is 14.2 Å². The molecular formula is C14H20N4O2. The number of carbonyl (C=O) groups is 1. The van der Waals surface area contributed by atoms with Gasteiger partial charge in [0.25, 0.3) is 0 Å². The molecule has 0 bridgehead atoms. The molecule has 6 heteroatoms. The number of hydrogen-bond donors (Lipinski definition) is 0. The van der Waals surface area contributed by atoms with Crippen LogP contribution in [0.2, 0.25) is 0 Å². The lowest BCUT2D eigenvalue weighted by atomic mass is 10.0. The van der Waals surface area contributed by atoms with Gasteiger partial charge < -0.3 is 4.74 Å². The number of aromatic nitrogens is 4. The molecule has 0 aromatic carbocycles. The van der Waals surface area contributed by atoms with Crippen LogP contribution in [0, 0.1) is 13.8 Å². The molecule has 0 unspecified atom stereocenters. The summed E-state index contributed by atoms with van der Waals surface area (Å²) in [5.41, 5.74) is 3.75. The van der Waals surface area contributed by atoms with Gasteiger partial charge in [0.1, 0.15) is 5.69 Å². The highest BCUT2D eigenvalue weighted by molar-refractivity contribution is 5.97. The molecule has 0 aliphatic carbocycles. The van der Waals surface area contributed by atoms with Crippen LogP contribution in [0.4, 0.5) is 0 Å². The van der Waals surface area contributed by atoms with E-state index in [-0.39, 0.29) is 5.78 Å². The van der Waals surface area contributed by atoms with Crippen molar-refractivity contribution in [2.45, 2.75) is 26.7 Å². The van der Waals surface area contributed by atoms with Crippen LogP contribution in [-0.2, 0) is 20.5 Å².